The van der Waals surface area contributed by atoms with Gasteiger partial charge in [-0.1, -0.05) is 32.0 Å². The van der Waals surface area contributed by atoms with Gasteiger partial charge in [-0.05, 0) is 24.0 Å². The molecule has 1 heterocycles. The van der Waals surface area contributed by atoms with Crippen molar-refractivity contribution in [1.82, 2.24) is 10.3 Å². The van der Waals surface area contributed by atoms with Gasteiger partial charge in [0.1, 0.15) is 12.1 Å². The Morgan fingerprint density at radius 2 is 2.00 bits per heavy atom. The van der Waals surface area contributed by atoms with E-state index in [0.29, 0.717) is 6.42 Å². The minimum atomic E-state index is -1.14. The third-order valence-electron chi connectivity index (χ3n) is 3.90. The smallest absolute Gasteiger partial charge is 0.328 e. The molecule has 0 fully saturated rings. The predicted octanol–water partition coefficient (Wildman–Crippen LogP) is 1.78. The zero-order valence-corrected chi connectivity index (χ0v) is 14.2. The number of H-pyrrole nitrogens is 1. The highest BCUT2D eigenvalue weighted by atomic mass is 16.5. The predicted molar refractivity (Wildman–Crippen MR) is 91.4 cm³/mol. The molecule has 2 aromatic rings. The molecule has 0 radical (unpaired) electrons. The Kier molecular flexibility index (Phi) is 5.98. The van der Waals surface area contributed by atoms with Gasteiger partial charge in [0.2, 0.25) is 5.91 Å². The molecular weight excluding hydrogens is 308 g/mol. The lowest BCUT2D eigenvalue weighted by molar-refractivity contribution is -0.146. The summed E-state index contributed by atoms with van der Waals surface area (Å²) in [6.45, 7) is 3.83. The summed E-state index contributed by atoms with van der Waals surface area (Å²) in [6.07, 6.45) is 1.31. The molecule has 1 aromatic heterocycles. The molecule has 0 saturated carbocycles. The zero-order chi connectivity index (χ0) is 17.7. The summed E-state index contributed by atoms with van der Waals surface area (Å²) in [5.41, 5.74) is 1.86. The van der Waals surface area contributed by atoms with Crippen LogP contribution in [-0.4, -0.2) is 41.2 Å². The van der Waals surface area contributed by atoms with Crippen molar-refractivity contribution in [2.45, 2.75) is 38.8 Å². The lowest BCUT2D eigenvalue weighted by Gasteiger charge is -2.19. The minimum absolute atomic E-state index is 0.177. The molecule has 0 aliphatic heterocycles. The summed E-state index contributed by atoms with van der Waals surface area (Å²) in [5.74, 6) is -0.916. The van der Waals surface area contributed by atoms with Crippen LogP contribution in [0.3, 0.4) is 0 Å². The van der Waals surface area contributed by atoms with Gasteiger partial charge >= 0.3 is 5.97 Å². The molecule has 0 bridgehead atoms. The molecule has 0 aliphatic rings. The third-order valence-corrected chi connectivity index (χ3v) is 3.90. The molecule has 0 saturated heterocycles. The molecule has 24 heavy (non-hydrogen) atoms. The molecule has 0 spiro atoms. The van der Waals surface area contributed by atoms with E-state index in [1.807, 2.05) is 44.3 Å². The van der Waals surface area contributed by atoms with Crippen LogP contribution in [0.4, 0.5) is 0 Å². The Balaban J connectivity index is 2.14. The summed E-state index contributed by atoms with van der Waals surface area (Å²) >= 11 is 0. The number of fused-ring (bicyclic) bond motifs is 1. The van der Waals surface area contributed by atoms with E-state index in [4.69, 9.17) is 4.74 Å². The normalized spacial score (nSPS) is 13.7. The van der Waals surface area contributed by atoms with E-state index in [1.54, 1.807) is 0 Å². The number of amides is 1. The first-order valence-electron chi connectivity index (χ1n) is 8.03. The summed E-state index contributed by atoms with van der Waals surface area (Å²) in [4.78, 5) is 27.3. The monoisotopic (exact) mass is 332 g/mol. The lowest BCUT2D eigenvalue weighted by atomic mass is 10.0. The van der Waals surface area contributed by atoms with Gasteiger partial charge in [-0.2, -0.15) is 0 Å². The van der Waals surface area contributed by atoms with Crippen LogP contribution in [0.25, 0.3) is 10.9 Å². The maximum absolute atomic E-state index is 12.1. The number of aromatic amines is 1. The third kappa shape index (κ3) is 4.35. The van der Waals surface area contributed by atoms with Crippen molar-refractivity contribution in [1.29, 1.82) is 0 Å². The van der Waals surface area contributed by atoms with E-state index in [-0.39, 0.29) is 12.3 Å². The number of methoxy groups -OCH3 is 1. The number of aliphatic hydroxyl groups is 1. The largest absolute Gasteiger partial charge is 0.467 e. The molecular formula is C18H24N2O4. The van der Waals surface area contributed by atoms with Gasteiger partial charge in [0.15, 0.2) is 0 Å². The van der Waals surface area contributed by atoms with Gasteiger partial charge in [0, 0.05) is 23.5 Å². The summed E-state index contributed by atoms with van der Waals surface area (Å²) < 4.78 is 4.79. The van der Waals surface area contributed by atoms with Crippen LogP contribution in [0.5, 0.6) is 0 Å². The van der Waals surface area contributed by atoms with Gasteiger partial charge in [-0.25, -0.2) is 4.79 Å². The number of nitrogens with one attached hydrogen (secondary N) is 2. The molecule has 3 N–H and O–H groups in total. The number of esters is 1. The van der Waals surface area contributed by atoms with E-state index < -0.39 is 24.0 Å². The molecule has 1 amide bonds. The van der Waals surface area contributed by atoms with E-state index in [0.717, 1.165) is 16.5 Å². The molecule has 0 aliphatic carbocycles. The van der Waals surface area contributed by atoms with Crippen molar-refractivity contribution in [3.63, 3.8) is 0 Å². The Morgan fingerprint density at radius 1 is 1.29 bits per heavy atom. The second-order valence-electron chi connectivity index (χ2n) is 6.29. The van der Waals surface area contributed by atoms with Crippen LogP contribution in [0.2, 0.25) is 0 Å². The maximum Gasteiger partial charge on any atom is 0.328 e. The van der Waals surface area contributed by atoms with Crippen molar-refractivity contribution in [2.75, 3.05) is 7.11 Å². The van der Waals surface area contributed by atoms with Crippen LogP contribution in [0.15, 0.2) is 30.5 Å². The number of hydrogen-bond acceptors (Lipinski definition) is 4. The van der Waals surface area contributed by atoms with Gasteiger partial charge in [0.25, 0.3) is 0 Å². The van der Waals surface area contributed by atoms with Crippen LogP contribution >= 0.6 is 0 Å². The van der Waals surface area contributed by atoms with Crippen molar-refractivity contribution >= 4 is 22.8 Å². The van der Waals surface area contributed by atoms with Crippen molar-refractivity contribution in [3.05, 3.63) is 36.0 Å². The number of aliphatic hydroxyl groups excluding tert-OH is 1. The van der Waals surface area contributed by atoms with Crippen LogP contribution in [-0.2, 0) is 20.7 Å². The summed E-state index contributed by atoms with van der Waals surface area (Å²) in [6, 6.07) is 6.88. The molecule has 6 nitrogen and oxygen atoms in total. The summed E-state index contributed by atoms with van der Waals surface area (Å²) in [5, 5.41) is 13.5. The van der Waals surface area contributed by atoms with Crippen LogP contribution < -0.4 is 5.32 Å². The van der Waals surface area contributed by atoms with Crippen LogP contribution in [0.1, 0.15) is 25.8 Å². The Morgan fingerprint density at radius 3 is 2.67 bits per heavy atom. The maximum atomic E-state index is 12.1. The minimum Gasteiger partial charge on any atom is -0.467 e. The highest BCUT2D eigenvalue weighted by Gasteiger charge is 2.26. The number of para-hydroxylation sites is 1. The molecule has 0 unspecified atom stereocenters. The first kappa shape index (κ1) is 18.0. The highest BCUT2D eigenvalue weighted by Crippen LogP contribution is 2.19. The fraction of sp³-hybridized carbons (Fsp3) is 0.444. The first-order chi connectivity index (χ1) is 11.4. The second kappa shape index (κ2) is 7.97. The quantitative estimate of drug-likeness (QED) is 0.674. The van der Waals surface area contributed by atoms with E-state index >= 15 is 0 Å². The SMILES string of the molecule is COC(=O)[C@H](Cc1c[nH]c2ccccc12)NC(=O)[C@@H](O)CC(C)C. The fourth-order valence-electron chi connectivity index (χ4n) is 2.68. The zero-order valence-electron chi connectivity index (χ0n) is 14.2. The Labute approximate surface area is 141 Å². The Bertz CT molecular complexity index is 708. The van der Waals surface area contributed by atoms with E-state index in [9.17, 15) is 14.7 Å². The van der Waals surface area contributed by atoms with Gasteiger partial charge < -0.3 is 20.1 Å². The molecule has 2 atom stereocenters. The number of ether oxygens (including phenoxy) is 1. The van der Waals surface area contributed by atoms with Crippen molar-refractivity contribution in [3.8, 4) is 0 Å². The number of carbonyl (C=O) groups is 2. The molecule has 6 heteroatoms. The van der Waals surface area contributed by atoms with Gasteiger partial charge in [-0.3, -0.25) is 4.79 Å². The lowest BCUT2D eigenvalue weighted by Crippen LogP contribution is -2.47. The van der Waals surface area contributed by atoms with E-state index in [2.05, 4.69) is 10.3 Å². The van der Waals surface area contributed by atoms with Crippen molar-refractivity contribution < 1.29 is 19.4 Å². The fourth-order valence-corrected chi connectivity index (χ4v) is 2.68. The highest BCUT2D eigenvalue weighted by molar-refractivity contribution is 5.88. The standard InChI is InChI=1S/C18H24N2O4/c1-11(2)8-16(21)17(22)20-15(18(23)24-3)9-12-10-19-14-7-5-4-6-13(12)14/h4-7,10-11,15-16,19,21H,8-9H2,1-3H3,(H,20,22)/t15-,16-/m0/s1. The number of hydrogen-bond donors (Lipinski definition) is 3. The van der Waals surface area contributed by atoms with Gasteiger partial charge in [0.05, 0.1) is 7.11 Å². The second-order valence-corrected chi connectivity index (χ2v) is 6.29. The average Bonchev–Trinajstić information content (AvgIpc) is 2.96. The Hall–Kier alpha value is -2.34. The molecule has 130 valence electrons. The van der Waals surface area contributed by atoms with Gasteiger partial charge in [-0.15, -0.1) is 0 Å². The molecule has 1 aromatic carbocycles. The number of benzene rings is 1. The summed E-state index contributed by atoms with van der Waals surface area (Å²) in [7, 11) is 1.28. The topological polar surface area (TPSA) is 91.4 Å². The number of aromatic nitrogens is 1. The van der Waals surface area contributed by atoms with Crippen molar-refractivity contribution in [2.24, 2.45) is 5.92 Å². The first-order valence-corrected chi connectivity index (χ1v) is 8.03. The van der Waals surface area contributed by atoms with Crippen LogP contribution in [0, 0.1) is 5.92 Å². The van der Waals surface area contributed by atoms with E-state index in [1.165, 1.54) is 7.11 Å². The average molecular weight is 332 g/mol. The molecule has 2 rings (SSSR count). The number of carbonyl (C=O) groups excluding carboxylic acids is 2. The number of rotatable bonds is 7.